The molecule has 0 saturated carbocycles. The van der Waals surface area contributed by atoms with Crippen molar-refractivity contribution in [3.05, 3.63) is 59.5 Å². The Morgan fingerprint density at radius 1 is 1.27 bits per heavy atom. The summed E-state index contributed by atoms with van der Waals surface area (Å²) < 4.78 is 13.1. The summed E-state index contributed by atoms with van der Waals surface area (Å²) in [5.41, 5.74) is -0.165. The van der Waals surface area contributed by atoms with Crippen LogP contribution in [0.15, 0.2) is 42.6 Å². The number of halogens is 1. The minimum absolute atomic E-state index is 0.367. The van der Waals surface area contributed by atoms with Crippen molar-refractivity contribution in [2.24, 2.45) is 0 Å². The first kappa shape index (κ1) is 17.5. The molecule has 0 bridgehead atoms. The Morgan fingerprint density at radius 3 is 2.62 bits per heavy atom. The summed E-state index contributed by atoms with van der Waals surface area (Å²) in [5.74, 6) is -1.21. The van der Waals surface area contributed by atoms with Gasteiger partial charge in [0, 0.05) is 6.20 Å². The number of carbonyl (C=O) groups is 3. The molecule has 2 aromatic rings. The monoisotopic (exact) mass is 356 g/mol. The van der Waals surface area contributed by atoms with Crippen LogP contribution in [0.1, 0.15) is 18.1 Å². The number of benzene rings is 1. The number of hydrogen-bond donors (Lipinski definition) is 2. The molecule has 1 aromatic carbocycles. The topological polar surface area (TPSA) is 91.4 Å². The standard InChI is InChI=1S/C18H17FN4O3/c1-11-4-3-9-20-15(11)21-14(24)10-23-16(25)18(2,22-17(23)26)12-5-7-13(19)8-6-12/h3-9H,10H2,1-2H3,(H,22,26)(H,20,21,24). The number of urea groups is 1. The van der Waals surface area contributed by atoms with Crippen LogP contribution in [0, 0.1) is 12.7 Å². The molecule has 134 valence electrons. The fraction of sp³-hybridized carbons (Fsp3) is 0.222. The summed E-state index contributed by atoms with van der Waals surface area (Å²) >= 11 is 0. The molecule has 0 radical (unpaired) electrons. The van der Waals surface area contributed by atoms with E-state index in [1.54, 1.807) is 19.1 Å². The van der Waals surface area contributed by atoms with E-state index in [0.29, 0.717) is 11.4 Å². The quantitative estimate of drug-likeness (QED) is 0.819. The molecule has 8 heteroatoms. The van der Waals surface area contributed by atoms with Gasteiger partial charge in [-0.05, 0) is 43.2 Å². The minimum Gasteiger partial charge on any atom is -0.319 e. The maximum absolute atomic E-state index is 13.1. The first-order chi connectivity index (χ1) is 12.3. The van der Waals surface area contributed by atoms with Crippen LogP contribution in [0.25, 0.3) is 0 Å². The molecule has 1 aromatic heterocycles. The number of aryl methyl sites for hydroxylation is 1. The lowest BCUT2D eigenvalue weighted by atomic mass is 9.92. The molecule has 1 aliphatic heterocycles. The molecule has 2 N–H and O–H groups in total. The van der Waals surface area contributed by atoms with Gasteiger partial charge in [-0.1, -0.05) is 18.2 Å². The number of hydrogen-bond acceptors (Lipinski definition) is 4. The predicted octanol–water partition coefficient (Wildman–Crippen LogP) is 1.93. The van der Waals surface area contributed by atoms with Crippen LogP contribution < -0.4 is 10.6 Å². The number of nitrogens with one attached hydrogen (secondary N) is 2. The van der Waals surface area contributed by atoms with Gasteiger partial charge in [0.15, 0.2) is 0 Å². The molecule has 1 atom stereocenters. The van der Waals surface area contributed by atoms with E-state index in [9.17, 15) is 18.8 Å². The van der Waals surface area contributed by atoms with Crippen molar-refractivity contribution in [3.63, 3.8) is 0 Å². The van der Waals surface area contributed by atoms with Gasteiger partial charge in [0.05, 0.1) is 0 Å². The van der Waals surface area contributed by atoms with Gasteiger partial charge >= 0.3 is 6.03 Å². The molecule has 2 heterocycles. The summed E-state index contributed by atoms with van der Waals surface area (Å²) in [7, 11) is 0. The fourth-order valence-electron chi connectivity index (χ4n) is 2.75. The maximum atomic E-state index is 13.1. The molecular formula is C18H17FN4O3. The molecule has 7 nitrogen and oxygen atoms in total. The lowest BCUT2D eigenvalue weighted by Crippen LogP contribution is -2.42. The normalized spacial score (nSPS) is 19.4. The van der Waals surface area contributed by atoms with Gasteiger partial charge in [-0.15, -0.1) is 0 Å². The second-order valence-electron chi connectivity index (χ2n) is 6.17. The Kier molecular flexibility index (Phi) is 4.41. The van der Waals surface area contributed by atoms with E-state index in [2.05, 4.69) is 15.6 Å². The van der Waals surface area contributed by atoms with Crippen molar-refractivity contribution >= 4 is 23.7 Å². The highest BCUT2D eigenvalue weighted by molar-refractivity contribution is 6.10. The average molecular weight is 356 g/mol. The van der Waals surface area contributed by atoms with Gasteiger partial charge in [-0.25, -0.2) is 14.2 Å². The second-order valence-corrected chi connectivity index (χ2v) is 6.17. The van der Waals surface area contributed by atoms with Gasteiger partial charge in [0.25, 0.3) is 5.91 Å². The first-order valence-corrected chi connectivity index (χ1v) is 7.93. The van der Waals surface area contributed by atoms with E-state index in [4.69, 9.17) is 0 Å². The number of nitrogens with zero attached hydrogens (tertiary/aromatic N) is 2. The van der Waals surface area contributed by atoms with Crippen molar-refractivity contribution in [2.45, 2.75) is 19.4 Å². The van der Waals surface area contributed by atoms with Crippen molar-refractivity contribution < 1.29 is 18.8 Å². The number of anilines is 1. The summed E-state index contributed by atoms with van der Waals surface area (Å²) in [5, 5.41) is 5.15. The smallest absolute Gasteiger partial charge is 0.319 e. The van der Waals surface area contributed by atoms with Gasteiger partial charge < -0.3 is 10.6 Å². The zero-order chi connectivity index (χ0) is 18.9. The highest BCUT2D eigenvalue weighted by atomic mass is 19.1. The molecule has 1 aliphatic rings. The molecule has 1 saturated heterocycles. The number of rotatable bonds is 4. The van der Waals surface area contributed by atoms with Crippen molar-refractivity contribution in [1.82, 2.24) is 15.2 Å². The fourth-order valence-corrected chi connectivity index (χ4v) is 2.75. The Bertz CT molecular complexity index is 884. The van der Waals surface area contributed by atoms with Crippen LogP contribution in [0.2, 0.25) is 0 Å². The predicted molar refractivity (Wildman–Crippen MR) is 91.6 cm³/mol. The van der Waals surface area contributed by atoms with Crippen LogP contribution in [0.5, 0.6) is 0 Å². The molecular weight excluding hydrogens is 339 g/mol. The van der Waals surface area contributed by atoms with E-state index in [1.165, 1.54) is 37.4 Å². The van der Waals surface area contributed by atoms with Crippen LogP contribution in [0.4, 0.5) is 15.0 Å². The van der Waals surface area contributed by atoms with Gasteiger partial charge in [0.2, 0.25) is 5.91 Å². The van der Waals surface area contributed by atoms with Crippen LogP contribution in [-0.4, -0.2) is 34.3 Å². The van der Waals surface area contributed by atoms with Gasteiger partial charge in [-0.3, -0.25) is 14.5 Å². The number of imide groups is 1. The highest BCUT2D eigenvalue weighted by Gasteiger charge is 2.49. The highest BCUT2D eigenvalue weighted by Crippen LogP contribution is 2.28. The SMILES string of the molecule is Cc1cccnc1NC(=O)CN1C(=O)NC(C)(c2ccc(F)cc2)C1=O. The first-order valence-electron chi connectivity index (χ1n) is 7.93. The molecule has 1 fully saturated rings. The Labute approximate surface area is 149 Å². The zero-order valence-electron chi connectivity index (χ0n) is 14.2. The lowest BCUT2D eigenvalue weighted by Gasteiger charge is -2.22. The molecule has 26 heavy (non-hydrogen) atoms. The van der Waals surface area contributed by atoms with E-state index in [0.717, 1.165) is 10.5 Å². The molecule has 3 rings (SSSR count). The second kappa shape index (κ2) is 6.55. The van der Waals surface area contributed by atoms with Crippen LogP contribution >= 0.6 is 0 Å². The van der Waals surface area contributed by atoms with Gasteiger partial charge in [-0.2, -0.15) is 0 Å². The van der Waals surface area contributed by atoms with Crippen LogP contribution in [-0.2, 0) is 15.1 Å². The molecule has 0 spiro atoms. The molecule has 4 amide bonds. The lowest BCUT2D eigenvalue weighted by molar-refractivity contribution is -0.133. The third kappa shape index (κ3) is 3.13. The summed E-state index contributed by atoms with van der Waals surface area (Å²) in [6.07, 6.45) is 1.53. The maximum Gasteiger partial charge on any atom is 0.325 e. The third-order valence-electron chi connectivity index (χ3n) is 4.27. The largest absolute Gasteiger partial charge is 0.325 e. The Balaban J connectivity index is 1.76. The molecule has 0 aliphatic carbocycles. The summed E-state index contributed by atoms with van der Waals surface area (Å²) in [4.78, 5) is 42.1. The van der Waals surface area contributed by atoms with E-state index >= 15 is 0 Å². The Hall–Kier alpha value is -3.29. The van der Waals surface area contributed by atoms with Crippen molar-refractivity contribution in [1.29, 1.82) is 0 Å². The van der Waals surface area contributed by atoms with E-state index in [1.807, 2.05) is 0 Å². The third-order valence-corrected chi connectivity index (χ3v) is 4.27. The number of aromatic nitrogens is 1. The van der Waals surface area contributed by atoms with Crippen molar-refractivity contribution in [2.75, 3.05) is 11.9 Å². The number of carbonyl (C=O) groups excluding carboxylic acids is 3. The van der Waals surface area contributed by atoms with E-state index in [-0.39, 0.29) is 0 Å². The van der Waals surface area contributed by atoms with Crippen molar-refractivity contribution in [3.8, 4) is 0 Å². The van der Waals surface area contributed by atoms with Crippen LogP contribution in [0.3, 0.4) is 0 Å². The van der Waals surface area contributed by atoms with E-state index < -0.39 is 35.7 Å². The summed E-state index contributed by atoms with van der Waals surface area (Å²) in [6, 6.07) is 8.09. The Morgan fingerprint density at radius 2 is 1.96 bits per heavy atom. The number of amides is 4. The number of pyridine rings is 1. The van der Waals surface area contributed by atoms with Gasteiger partial charge in [0.1, 0.15) is 23.7 Å². The summed E-state index contributed by atoms with van der Waals surface area (Å²) in [6.45, 7) is 2.85. The molecule has 1 unspecified atom stereocenters. The average Bonchev–Trinajstić information content (AvgIpc) is 2.82. The zero-order valence-corrected chi connectivity index (χ0v) is 14.2. The minimum atomic E-state index is -1.36.